The molecule has 0 saturated carbocycles. The highest BCUT2D eigenvalue weighted by Crippen LogP contribution is 2.33. The zero-order chi connectivity index (χ0) is 20.8. The number of benzene rings is 1. The Bertz CT molecular complexity index is 873. The van der Waals surface area contributed by atoms with Crippen molar-refractivity contribution >= 4 is 46.0 Å². The van der Waals surface area contributed by atoms with Gasteiger partial charge in [-0.1, -0.05) is 13.8 Å². The maximum absolute atomic E-state index is 12.6. The van der Waals surface area contributed by atoms with Gasteiger partial charge in [-0.3, -0.25) is 14.9 Å². The van der Waals surface area contributed by atoms with Gasteiger partial charge < -0.3 is 10.1 Å². The molecule has 3 amide bonds. The molecule has 0 aliphatic rings. The summed E-state index contributed by atoms with van der Waals surface area (Å²) >= 11 is 3.01. The van der Waals surface area contributed by atoms with Crippen molar-refractivity contribution in [3.8, 4) is 0 Å². The van der Waals surface area contributed by atoms with Crippen LogP contribution in [0.15, 0.2) is 29.2 Å². The van der Waals surface area contributed by atoms with E-state index in [9.17, 15) is 14.4 Å². The fourth-order valence-electron chi connectivity index (χ4n) is 2.44. The van der Waals surface area contributed by atoms with Crippen LogP contribution in [0.1, 0.15) is 51.9 Å². The zero-order valence-electron chi connectivity index (χ0n) is 16.5. The lowest BCUT2D eigenvalue weighted by molar-refractivity contribution is 0.0925. The Hall–Kier alpha value is -2.32. The fourth-order valence-corrected chi connectivity index (χ4v) is 4.33. The van der Waals surface area contributed by atoms with Crippen molar-refractivity contribution in [1.29, 1.82) is 0 Å². The Kier molecular flexibility index (Phi) is 7.65. The summed E-state index contributed by atoms with van der Waals surface area (Å²) in [4.78, 5) is 38.7. The molecular formula is C20H24N2O4S2. The fraction of sp³-hybridized carbons (Fsp3) is 0.350. The van der Waals surface area contributed by atoms with Crippen molar-refractivity contribution in [2.45, 2.75) is 44.8 Å². The highest BCUT2D eigenvalue weighted by Gasteiger charge is 2.23. The van der Waals surface area contributed by atoms with Crippen LogP contribution < -0.4 is 10.6 Å². The number of rotatable bonds is 6. The number of ether oxygens (including phenoxy) is 1. The number of anilines is 1. The standard InChI is InChI=1S/C20H24N2O4S2/c1-6-26-20(25)22-18(24)16-12(4)13(5)28-19(16)21-17(23)14-7-9-15(10-8-14)27-11(2)3/h7-11H,6H2,1-5H3,(H,21,23)(H,22,24,25). The number of hydrogen-bond donors (Lipinski definition) is 2. The van der Waals surface area contributed by atoms with E-state index in [1.807, 2.05) is 19.1 Å². The number of alkyl carbamates (subject to hydrolysis) is 1. The minimum Gasteiger partial charge on any atom is -0.450 e. The second kappa shape index (κ2) is 9.75. The molecule has 0 aliphatic carbocycles. The summed E-state index contributed by atoms with van der Waals surface area (Å²) in [7, 11) is 0. The molecule has 0 fully saturated rings. The van der Waals surface area contributed by atoms with Gasteiger partial charge in [0.05, 0.1) is 12.2 Å². The summed E-state index contributed by atoms with van der Waals surface area (Å²) in [5.41, 5.74) is 1.48. The van der Waals surface area contributed by atoms with Crippen molar-refractivity contribution in [2.24, 2.45) is 0 Å². The van der Waals surface area contributed by atoms with Crippen molar-refractivity contribution < 1.29 is 19.1 Å². The van der Waals surface area contributed by atoms with E-state index < -0.39 is 12.0 Å². The molecule has 2 rings (SSSR count). The lowest BCUT2D eigenvalue weighted by Crippen LogP contribution is -2.31. The van der Waals surface area contributed by atoms with Crippen molar-refractivity contribution in [3.05, 3.63) is 45.8 Å². The summed E-state index contributed by atoms with van der Waals surface area (Å²) in [6.45, 7) is 9.66. The first-order valence-electron chi connectivity index (χ1n) is 8.89. The van der Waals surface area contributed by atoms with E-state index in [4.69, 9.17) is 4.74 Å². The monoisotopic (exact) mass is 420 g/mol. The average Bonchev–Trinajstić information content (AvgIpc) is 2.89. The number of amides is 3. The number of imide groups is 1. The van der Waals surface area contributed by atoms with Gasteiger partial charge in [-0.15, -0.1) is 23.1 Å². The summed E-state index contributed by atoms with van der Waals surface area (Å²) in [6, 6.07) is 7.31. The number of nitrogens with one attached hydrogen (secondary N) is 2. The first kappa shape index (κ1) is 22.0. The molecule has 1 heterocycles. The summed E-state index contributed by atoms with van der Waals surface area (Å²) in [5, 5.41) is 5.84. The van der Waals surface area contributed by atoms with E-state index in [0.29, 0.717) is 21.4 Å². The van der Waals surface area contributed by atoms with Crippen molar-refractivity contribution in [2.75, 3.05) is 11.9 Å². The number of carbonyl (C=O) groups is 3. The molecular weight excluding hydrogens is 396 g/mol. The molecule has 1 aromatic carbocycles. The lowest BCUT2D eigenvalue weighted by Gasteiger charge is -2.09. The predicted octanol–water partition coefficient (Wildman–Crippen LogP) is 5.00. The third-order valence-electron chi connectivity index (χ3n) is 3.82. The van der Waals surface area contributed by atoms with Gasteiger partial charge in [0.15, 0.2) is 0 Å². The third kappa shape index (κ3) is 5.59. The number of thiophene rings is 1. The van der Waals surface area contributed by atoms with Crippen LogP contribution in [0.2, 0.25) is 0 Å². The molecule has 0 unspecified atom stereocenters. The van der Waals surface area contributed by atoms with E-state index in [2.05, 4.69) is 24.5 Å². The van der Waals surface area contributed by atoms with Gasteiger partial charge in [0.2, 0.25) is 0 Å². The van der Waals surface area contributed by atoms with Crippen LogP contribution in [0.25, 0.3) is 0 Å². The van der Waals surface area contributed by atoms with E-state index >= 15 is 0 Å². The van der Waals surface area contributed by atoms with Gasteiger partial charge in [-0.2, -0.15) is 0 Å². The Morgan fingerprint density at radius 1 is 1.11 bits per heavy atom. The summed E-state index contributed by atoms with van der Waals surface area (Å²) in [5.74, 6) is -0.910. The molecule has 1 aromatic heterocycles. The van der Waals surface area contributed by atoms with Crippen molar-refractivity contribution in [1.82, 2.24) is 5.32 Å². The largest absolute Gasteiger partial charge is 0.450 e. The molecule has 0 aliphatic heterocycles. The van der Waals surface area contributed by atoms with Crippen LogP contribution in [-0.2, 0) is 4.74 Å². The van der Waals surface area contributed by atoms with Crippen LogP contribution in [0, 0.1) is 13.8 Å². The molecule has 0 bridgehead atoms. The smallest absolute Gasteiger partial charge is 0.414 e. The van der Waals surface area contributed by atoms with Crippen molar-refractivity contribution in [3.63, 3.8) is 0 Å². The van der Waals surface area contributed by atoms with Crippen LogP contribution in [0.4, 0.5) is 9.80 Å². The summed E-state index contributed by atoms with van der Waals surface area (Å²) in [6.07, 6.45) is -0.814. The molecule has 2 aromatic rings. The topological polar surface area (TPSA) is 84.5 Å². The maximum Gasteiger partial charge on any atom is 0.414 e. The minimum absolute atomic E-state index is 0.162. The predicted molar refractivity (Wildman–Crippen MR) is 114 cm³/mol. The third-order valence-corrected chi connectivity index (χ3v) is 5.96. The van der Waals surface area contributed by atoms with Crippen LogP contribution >= 0.6 is 23.1 Å². The molecule has 6 nitrogen and oxygen atoms in total. The molecule has 28 heavy (non-hydrogen) atoms. The van der Waals surface area contributed by atoms with E-state index in [-0.39, 0.29) is 18.1 Å². The van der Waals surface area contributed by atoms with Gasteiger partial charge in [-0.05, 0) is 50.6 Å². The van der Waals surface area contributed by atoms with Gasteiger partial charge >= 0.3 is 6.09 Å². The molecule has 8 heteroatoms. The Morgan fingerprint density at radius 2 is 1.75 bits per heavy atom. The molecule has 0 spiro atoms. The SMILES string of the molecule is CCOC(=O)NC(=O)c1c(NC(=O)c2ccc(SC(C)C)cc2)sc(C)c1C. The lowest BCUT2D eigenvalue weighted by atomic mass is 10.1. The van der Waals surface area contributed by atoms with Gasteiger partial charge in [0.1, 0.15) is 5.00 Å². The van der Waals surface area contributed by atoms with Crippen LogP contribution in [0.3, 0.4) is 0 Å². The van der Waals surface area contributed by atoms with Crippen LogP contribution in [-0.4, -0.2) is 29.8 Å². The van der Waals surface area contributed by atoms with Gasteiger partial charge in [0.25, 0.3) is 11.8 Å². The van der Waals surface area contributed by atoms with Gasteiger partial charge in [-0.25, -0.2) is 4.79 Å². The van der Waals surface area contributed by atoms with E-state index in [0.717, 1.165) is 9.77 Å². The number of aryl methyl sites for hydroxylation is 1. The highest BCUT2D eigenvalue weighted by atomic mass is 32.2. The molecule has 150 valence electrons. The second-order valence-corrected chi connectivity index (χ2v) is 9.18. The molecule has 2 N–H and O–H groups in total. The molecule has 0 saturated heterocycles. The van der Waals surface area contributed by atoms with E-state index in [1.54, 1.807) is 37.7 Å². The first-order valence-corrected chi connectivity index (χ1v) is 10.6. The number of carbonyl (C=O) groups excluding carboxylic acids is 3. The maximum atomic E-state index is 12.6. The zero-order valence-corrected chi connectivity index (χ0v) is 18.2. The average molecular weight is 421 g/mol. The van der Waals surface area contributed by atoms with E-state index in [1.165, 1.54) is 11.3 Å². The van der Waals surface area contributed by atoms with Crippen LogP contribution in [0.5, 0.6) is 0 Å². The Labute approximate surface area is 173 Å². The molecule has 0 radical (unpaired) electrons. The van der Waals surface area contributed by atoms with Gasteiger partial charge in [0, 0.05) is 20.6 Å². The summed E-state index contributed by atoms with van der Waals surface area (Å²) < 4.78 is 4.75. The first-order chi connectivity index (χ1) is 13.2. The minimum atomic E-state index is -0.814. The Morgan fingerprint density at radius 3 is 2.32 bits per heavy atom. The highest BCUT2D eigenvalue weighted by molar-refractivity contribution is 7.99. The number of hydrogen-bond acceptors (Lipinski definition) is 6. The normalized spacial score (nSPS) is 10.6. The quantitative estimate of drug-likeness (QED) is 0.642. The Balaban J connectivity index is 2.19. The second-order valence-electron chi connectivity index (χ2n) is 6.31. The molecule has 0 atom stereocenters. The number of thioether (sulfide) groups is 1.